The van der Waals surface area contributed by atoms with Crippen molar-refractivity contribution < 1.29 is 14.0 Å². The Bertz CT molecular complexity index is 1450. The van der Waals surface area contributed by atoms with E-state index in [-0.39, 0.29) is 23.1 Å². The Kier molecular flexibility index (Phi) is 5.29. The van der Waals surface area contributed by atoms with Crippen molar-refractivity contribution in [2.75, 3.05) is 6.54 Å². The van der Waals surface area contributed by atoms with E-state index in [9.17, 15) is 14.0 Å². The largest absolute Gasteiger partial charge is 0.368 e. The highest BCUT2D eigenvalue weighted by Crippen LogP contribution is 2.47. The Labute approximate surface area is 220 Å². The third-order valence-electron chi connectivity index (χ3n) is 8.86. The summed E-state index contributed by atoms with van der Waals surface area (Å²) in [6, 6.07) is 8.49. The van der Waals surface area contributed by atoms with E-state index in [1.54, 1.807) is 18.2 Å². The Balaban J connectivity index is 1.21. The molecule has 4 heterocycles. The van der Waals surface area contributed by atoms with Crippen molar-refractivity contribution in [2.45, 2.75) is 63.6 Å². The second-order valence-corrected chi connectivity index (χ2v) is 11.1. The van der Waals surface area contributed by atoms with Crippen molar-refractivity contribution in [3.8, 4) is 0 Å². The second kappa shape index (κ2) is 8.61. The smallest absolute Gasteiger partial charge is 0.275 e. The SMILES string of the molecule is O=C1C(c2ccccc2F)=NC2(CCCCCC2)N1Cc1cnc2c(c1)CC1(C2)C(=O)NC2=C1C=CCN2. The van der Waals surface area contributed by atoms with E-state index in [0.29, 0.717) is 25.9 Å². The Hall–Kier alpha value is -3.81. The topological polar surface area (TPSA) is 86.7 Å². The maximum absolute atomic E-state index is 14.7. The van der Waals surface area contributed by atoms with Gasteiger partial charge in [-0.2, -0.15) is 0 Å². The molecule has 2 N–H and O–H groups in total. The van der Waals surface area contributed by atoms with Crippen LogP contribution in [0.1, 0.15) is 60.9 Å². The van der Waals surface area contributed by atoms with Gasteiger partial charge in [-0.25, -0.2) is 4.39 Å². The van der Waals surface area contributed by atoms with E-state index in [1.807, 2.05) is 17.2 Å². The fourth-order valence-corrected chi connectivity index (χ4v) is 6.93. The zero-order valence-electron chi connectivity index (χ0n) is 21.2. The first kappa shape index (κ1) is 23.3. The van der Waals surface area contributed by atoms with Gasteiger partial charge in [-0.1, -0.05) is 43.2 Å². The summed E-state index contributed by atoms with van der Waals surface area (Å²) >= 11 is 0. The summed E-state index contributed by atoms with van der Waals surface area (Å²) in [7, 11) is 0. The summed E-state index contributed by atoms with van der Waals surface area (Å²) in [5, 5.41) is 6.29. The standard InChI is InChI=1S/C30H30FN5O2/c31-23-10-4-3-8-21(23)25-27(37)36(30(35-25)11-5-1-2-6-12-30)18-19-14-20-15-29(16-24(20)33-17-19)22-9-7-13-32-26(22)34-28(29)38/h3-4,7-10,14,17,32H,1-2,5-6,11-13,15-16,18H2,(H,34,38). The quantitative estimate of drug-likeness (QED) is 0.658. The first-order valence-corrected chi connectivity index (χ1v) is 13.6. The summed E-state index contributed by atoms with van der Waals surface area (Å²) in [6.07, 6.45) is 12.8. The summed E-state index contributed by atoms with van der Waals surface area (Å²) in [6.45, 7) is 1.06. The zero-order chi connectivity index (χ0) is 25.9. The van der Waals surface area contributed by atoms with Crippen LogP contribution in [-0.4, -0.2) is 39.6 Å². The van der Waals surface area contributed by atoms with Crippen molar-refractivity contribution in [1.82, 2.24) is 20.5 Å². The third-order valence-corrected chi connectivity index (χ3v) is 8.86. The average Bonchev–Trinajstić information content (AvgIpc) is 3.44. The molecule has 5 aliphatic rings. The summed E-state index contributed by atoms with van der Waals surface area (Å²) in [4.78, 5) is 38.5. The van der Waals surface area contributed by atoms with Crippen LogP contribution in [0.25, 0.3) is 0 Å². The maximum Gasteiger partial charge on any atom is 0.275 e. The minimum Gasteiger partial charge on any atom is -0.368 e. The van der Waals surface area contributed by atoms with Crippen molar-refractivity contribution in [2.24, 2.45) is 10.4 Å². The van der Waals surface area contributed by atoms with Crippen LogP contribution in [0.4, 0.5) is 4.39 Å². The number of benzene rings is 1. The molecule has 0 bridgehead atoms. The minimum absolute atomic E-state index is 0.0103. The van der Waals surface area contributed by atoms with Crippen LogP contribution in [-0.2, 0) is 29.0 Å². The van der Waals surface area contributed by atoms with Crippen LogP contribution in [0.15, 0.2) is 65.1 Å². The van der Waals surface area contributed by atoms with Gasteiger partial charge in [-0.05, 0) is 55.4 Å². The van der Waals surface area contributed by atoms with Crippen molar-refractivity contribution in [3.63, 3.8) is 0 Å². The molecule has 2 amide bonds. The lowest BCUT2D eigenvalue weighted by atomic mass is 9.78. The van der Waals surface area contributed by atoms with Gasteiger partial charge >= 0.3 is 0 Å². The molecule has 7 rings (SSSR count). The fourth-order valence-electron chi connectivity index (χ4n) is 6.93. The molecule has 1 atom stereocenters. The Morgan fingerprint density at radius 2 is 1.87 bits per heavy atom. The molecule has 38 heavy (non-hydrogen) atoms. The highest BCUT2D eigenvalue weighted by atomic mass is 19.1. The lowest BCUT2D eigenvalue weighted by Gasteiger charge is -2.36. The monoisotopic (exact) mass is 511 g/mol. The molecule has 0 saturated heterocycles. The van der Waals surface area contributed by atoms with E-state index in [0.717, 1.165) is 66.7 Å². The van der Waals surface area contributed by atoms with Crippen molar-refractivity contribution in [3.05, 3.63) is 88.3 Å². The Morgan fingerprint density at radius 1 is 1.05 bits per heavy atom. The van der Waals surface area contributed by atoms with Crippen molar-refractivity contribution >= 4 is 17.5 Å². The van der Waals surface area contributed by atoms with Crippen LogP contribution < -0.4 is 10.6 Å². The molecule has 1 aromatic heterocycles. The number of halogens is 1. The minimum atomic E-state index is -0.658. The molecule has 1 aromatic carbocycles. The van der Waals surface area contributed by atoms with Gasteiger partial charge in [0.25, 0.3) is 5.91 Å². The normalized spacial score (nSPS) is 25.4. The maximum atomic E-state index is 14.7. The molecule has 1 fully saturated rings. The molecular formula is C30H30FN5O2. The molecule has 2 aliphatic carbocycles. The second-order valence-electron chi connectivity index (χ2n) is 11.1. The molecule has 7 nitrogen and oxygen atoms in total. The van der Waals surface area contributed by atoms with Crippen LogP contribution in [0.3, 0.4) is 0 Å². The van der Waals surface area contributed by atoms with E-state index in [1.165, 1.54) is 6.07 Å². The Morgan fingerprint density at radius 3 is 2.68 bits per heavy atom. The highest BCUT2D eigenvalue weighted by molar-refractivity contribution is 6.46. The van der Waals surface area contributed by atoms with E-state index in [4.69, 9.17) is 9.98 Å². The number of rotatable bonds is 3. The third kappa shape index (κ3) is 3.46. The van der Waals surface area contributed by atoms with Gasteiger partial charge in [0.05, 0.1) is 5.41 Å². The first-order valence-electron chi connectivity index (χ1n) is 13.6. The van der Waals surface area contributed by atoms with Gasteiger partial charge in [0, 0.05) is 42.5 Å². The number of aromatic nitrogens is 1. The number of nitrogens with one attached hydrogen (secondary N) is 2. The van der Waals surface area contributed by atoms with Gasteiger partial charge in [-0.3, -0.25) is 19.6 Å². The van der Waals surface area contributed by atoms with Crippen LogP contribution in [0, 0.1) is 11.2 Å². The zero-order valence-corrected chi connectivity index (χ0v) is 21.2. The van der Waals surface area contributed by atoms with Gasteiger partial charge in [0.1, 0.15) is 23.0 Å². The number of carbonyl (C=O) groups is 2. The lowest BCUT2D eigenvalue weighted by Crippen LogP contribution is -2.46. The molecule has 2 spiro atoms. The van der Waals surface area contributed by atoms with E-state index >= 15 is 0 Å². The summed E-state index contributed by atoms with van der Waals surface area (Å²) in [5.41, 5.74) is 3.07. The van der Waals surface area contributed by atoms with Crippen LogP contribution in [0.5, 0.6) is 0 Å². The lowest BCUT2D eigenvalue weighted by molar-refractivity contribution is -0.129. The van der Waals surface area contributed by atoms with Gasteiger partial charge in [0.2, 0.25) is 5.91 Å². The molecule has 2 aromatic rings. The predicted molar refractivity (Wildman–Crippen MR) is 140 cm³/mol. The molecule has 3 aliphatic heterocycles. The van der Waals surface area contributed by atoms with Crippen LogP contribution >= 0.6 is 0 Å². The van der Waals surface area contributed by atoms with Crippen molar-refractivity contribution in [1.29, 1.82) is 0 Å². The number of amides is 2. The molecule has 1 unspecified atom stereocenters. The molecular weight excluding hydrogens is 481 g/mol. The van der Waals surface area contributed by atoms with E-state index in [2.05, 4.69) is 22.8 Å². The first-order chi connectivity index (χ1) is 18.5. The summed E-state index contributed by atoms with van der Waals surface area (Å²) < 4.78 is 14.7. The number of aliphatic imine (C=N–C) groups is 1. The van der Waals surface area contributed by atoms with E-state index < -0.39 is 16.9 Å². The number of carbonyl (C=O) groups excluding carboxylic acids is 2. The number of allylic oxidation sites excluding steroid dienone is 1. The average molecular weight is 512 g/mol. The number of nitrogens with zero attached hydrogens (tertiary/aromatic N) is 3. The number of dihydropyridines is 1. The van der Waals surface area contributed by atoms with Gasteiger partial charge < -0.3 is 15.5 Å². The van der Waals surface area contributed by atoms with Gasteiger partial charge in [-0.15, -0.1) is 0 Å². The fraction of sp³-hybridized carbons (Fsp3) is 0.400. The molecule has 194 valence electrons. The molecule has 1 saturated carbocycles. The predicted octanol–water partition coefficient (Wildman–Crippen LogP) is 3.69. The summed E-state index contributed by atoms with van der Waals surface area (Å²) in [5.74, 6) is 0.166. The van der Waals surface area contributed by atoms with Crippen LogP contribution in [0.2, 0.25) is 0 Å². The highest BCUT2D eigenvalue weighted by Gasteiger charge is 2.52. The number of hydrogen-bond acceptors (Lipinski definition) is 5. The number of pyridine rings is 1. The number of hydrogen-bond donors (Lipinski definition) is 2. The number of fused-ring (bicyclic) bond motifs is 2. The molecule has 8 heteroatoms. The van der Waals surface area contributed by atoms with Gasteiger partial charge in [0.15, 0.2) is 0 Å². The molecule has 0 radical (unpaired) electrons.